The van der Waals surface area contributed by atoms with Crippen LogP contribution in [0.5, 0.6) is 0 Å². The largest absolute Gasteiger partial charge is 0.337 e. The highest BCUT2D eigenvalue weighted by Crippen LogP contribution is 2.42. The van der Waals surface area contributed by atoms with Crippen LogP contribution in [0.25, 0.3) is 16.6 Å². The Morgan fingerprint density at radius 1 is 1.12 bits per heavy atom. The summed E-state index contributed by atoms with van der Waals surface area (Å²) in [6, 6.07) is 17.3. The van der Waals surface area contributed by atoms with Crippen LogP contribution < -0.4 is 0 Å². The minimum atomic E-state index is -0.440. The van der Waals surface area contributed by atoms with E-state index >= 15 is 0 Å². The van der Waals surface area contributed by atoms with E-state index in [1.807, 2.05) is 36.5 Å². The molecule has 2 unspecified atom stereocenters. The van der Waals surface area contributed by atoms with Crippen LogP contribution in [0.3, 0.4) is 0 Å². The lowest BCUT2D eigenvalue weighted by Gasteiger charge is -2.36. The van der Waals surface area contributed by atoms with Crippen molar-refractivity contribution < 1.29 is 0 Å². The van der Waals surface area contributed by atoms with Crippen LogP contribution in [-0.4, -0.2) is 30.5 Å². The first-order chi connectivity index (χ1) is 20.3. The normalized spacial score (nSPS) is 14.2. The molecule has 42 heavy (non-hydrogen) atoms. The van der Waals surface area contributed by atoms with E-state index in [9.17, 15) is 0 Å². The summed E-state index contributed by atoms with van der Waals surface area (Å²) in [5.41, 5.74) is 10.2. The van der Waals surface area contributed by atoms with Gasteiger partial charge in [-0.3, -0.25) is 4.98 Å². The zero-order valence-electron chi connectivity index (χ0n) is 25.7. The Labute approximate surface area is 249 Å². The molecule has 0 spiro atoms. The molecule has 0 fully saturated rings. The smallest absolute Gasteiger partial charge is 0.0945 e. The van der Waals surface area contributed by atoms with Crippen LogP contribution >= 0.6 is 0 Å². The van der Waals surface area contributed by atoms with E-state index in [1.165, 1.54) is 33.2 Å². The monoisotopic (exact) mass is 558 g/mol. The van der Waals surface area contributed by atoms with Gasteiger partial charge in [0.25, 0.3) is 0 Å². The summed E-state index contributed by atoms with van der Waals surface area (Å²) in [6.07, 6.45) is 15.0. The maximum atomic E-state index is 8.52. The van der Waals surface area contributed by atoms with Gasteiger partial charge in [-0.25, -0.2) is 9.67 Å². The number of nitrogens with one attached hydrogen (secondary N) is 1. The van der Waals surface area contributed by atoms with Crippen molar-refractivity contribution in [1.82, 2.24) is 24.3 Å². The molecule has 0 radical (unpaired) electrons. The fourth-order valence-electron chi connectivity index (χ4n) is 6.12. The predicted molar refractivity (Wildman–Crippen MR) is 173 cm³/mol. The molecule has 0 bridgehead atoms. The zero-order chi connectivity index (χ0) is 29.9. The Morgan fingerprint density at radius 3 is 2.52 bits per heavy atom. The van der Waals surface area contributed by atoms with Gasteiger partial charge in [0.2, 0.25) is 0 Å². The standard InChI is InChI=1S/C36H42N6/c1-7-25(3)10-13-29(22-37)36(5,35-23-38-24-41(35)6)28-14-17-34-32(21-28)26(4)31(33(8-2)40-34)20-27-11-15-30(16-12-27)42-19-9-18-39-42/h9-12,14-19,21-24,29,37H,7-8,13,20H2,1-6H3/b25-10+,37-22?. The Morgan fingerprint density at radius 2 is 1.90 bits per heavy atom. The molecule has 6 nitrogen and oxygen atoms in total. The molecule has 3 heterocycles. The molecule has 1 N–H and O–H groups in total. The van der Waals surface area contributed by atoms with Gasteiger partial charge in [0, 0.05) is 53.7 Å². The van der Waals surface area contributed by atoms with Gasteiger partial charge >= 0.3 is 0 Å². The maximum absolute atomic E-state index is 8.52. The average molecular weight is 559 g/mol. The van der Waals surface area contributed by atoms with Gasteiger partial charge in [0.15, 0.2) is 0 Å². The third-order valence-electron chi connectivity index (χ3n) is 9.05. The number of hydrogen-bond donors (Lipinski definition) is 1. The van der Waals surface area contributed by atoms with Crippen LogP contribution in [0.1, 0.15) is 74.2 Å². The van der Waals surface area contributed by atoms with Gasteiger partial charge < -0.3 is 9.98 Å². The van der Waals surface area contributed by atoms with E-state index in [0.29, 0.717) is 0 Å². The highest BCUT2D eigenvalue weighted by molar-refractivity contribution is 5.85. The van der Waals surface area contributed by atoms with Gasteiger partial charge in [0.1, 0.15) is 0 Å². The number of allylic oxidation sites excluding steroid dienone is 2. The van der Waals surface area contributed by atoms with Crippen molar-refractivity contribution in [3.05, 3.63) is 119 Å². The summed E-state index contributed by atoms with van der Waals surface area (Å²) >= 11 is 0. The Bertz CT molecular complexity index is 1710. The second-order valence-electron chi connectivity index (χ2n) is 11.5. The van der Waals surface area contributed by atoms with Crippen molar-refractivity contribution in [1.29, 1.82) is 5.41 Å². The first-order valence-corrected chi connectivity index (χ1v) is 14.9. The molecule has 0 amide bonds. The van der Waals surface area contributed by atoms with E-state index in [1.54, 1.807) is 12.4 Å². The molecule has 0 saturated carbocycles. The third kappa shape index (κ3) is 5.46. The number of benzene rings is 2. The van der Waals surface area contributed by atoms with E-state index in [0.717, 1.165) is 48.3 Å². The van der Waals surface area contributed by atoms with Crippen molar-refractivity contribution in [2.24, 2.45) is 13.0 Å². The van der Waals surface area contributed by atoms with Crippen molar-refractivity contribution >= 4 is 17.1 Å². The highest BCUT2D eigenvalue weighted by atomic mass is 15.3. The molecular formula is C36H42N6. The van der Waals surface area contributed by atoms with E-state index in [-0.39, 0.29) is 5.92 Å². The number of aromatic nitrogens is 5. The molecule has 5 rings (SSSR count). The quantitative estimate of drug-likeness (QED) is 0.132. The summed E-state index contributed by atoms with van der Waals surface area (Å²) in [4.78, 5) is 9.64. The summed E-state index contributed by atoms with van der Waals surface area (Å²) in [5, 5.41) is 14.0. The molecule has 0 aliphatic rings. The molecule has 6 heteroatoms. The zero-order valence-corrected chi connectivity index (χ0v) is 25.7. The Hall–Kier alpha value is -4.32. The number of fused-ring (bicyclic) bond motifs is 1. The second-order valence-corrected chi connectivity index (χ2v) is 11.5. The Kier molecular flexibility index (Phi) is 8.53. The Balaban J connectivity index is 1.60. The molecule has 5 aromatic rings. The predicted octanol–water partition coefficient (Wildman–Crippen LogP) is 7.93. The van der Waals surface area contributed by atoms with Crippen molar-refractivity contribution in [2.45, 2.75) is 65.7 Å². The number of hydrogen-bond acceptors (Lipinski definition) is 4. The molecule has 0 aliphatic carbocycles. The average Bonchev–Trinajstić information content (AvgIpc) is 3.71. The minimum Gasteiger partial charge on any atom is -0.337 e. The summed E-state index contributed by atoms with van der Waals surface area (Å²) in [6.45, 7) is 11.0. The number of nitrogens with zero attached hydrogens (tertiary/aromatic N) is 5. The van der Waals surface area contributed by atoms with Gasteiger partial charge in [-0.1, -0.05) is 43.7 Å². The third-order valence-corrected chi connectivity index (χ3v) is 9.05. The van der Waals surface area contributed by atoms with E-state index in [2.05, 4.69) is 97.8 Å². The molecule has 216 valence electrons. The van der Waals surface area contributed by atoms with Crippen molar-refractivity contribution in [2.75, 3.05) is 0 Å². The van der Waals surface area contributed by atoms with Crippen LogP contribution in [0.2, 0.25) is 0 Å². The molecule has 2 aromatic carbocycles. The van der Waals surface area contributed by atoms with E-state index < -0.39 is 5.41 Å². The van der Waals surface area contributed by atoms with Crippen LogP contribution in [-0.2, 0) is 25.3 Å². The lowest BCUT2D eigenvalue weighted by molar-refractivity contribution is 0.424. The van der Waals surface area contributed by atoms with Gasteiger partial charge in [0.05, 0.1) is 17.5 Å². The van der Waals surface area contributed by atoms with Crippen LogP contribution in [0.15, 0.2) is 85.1 Å². The lowest BCUT2D eigenvalue weighted by atomic mass is 9.68. The first-order valence-electron chi connectivity index (χ1n) is 14.9. The van der Waals surface area contributed by atoms with Gasteiger partial charge in [-0.05, 0) is 105 Å². The van der Waals surface area contributed by atoms with Crippen LogP contribution in [0.4, 0.5) is 0 Å². The molecule has 0 saturated heterocycles. The SMILES string of the molecule is CC/C(C)=C/CC(C=N)C(C)(c1ccc2nc(CC)c(Cc3ccc(-n4cccn4)cc3)c(C)c2c1)c1cncn1C. The molecule has 3 aromatic heterocycles. The summed E-state index contributed by atoms with van der Waals surface area (Å²) in [7, 11) is 2.05. The summed E-state index contributed by atoms with van der Waals surface area (Å²) in [5.74, 6) is -0.0252. The molecular weight excluding hydrogens is 516 g/mol. The summed E-state index contributed by atoms with van der Waals surface area (Å²) < 4.78 is 3.98. The van der Waals surface area contributed by atoms with Gasteiger partial charge in [-0.2, -0.15) is 5.10 Å². The van der Waals surface area contributed by atoms with Crippen molar-refractivity contribution in [3.8, 4) is 5.69 Å². The number of imidazole rings is 1. The maximum Gasteiger partial charge on any atom is 0.0945 e. The fourth-order valence-corrected chi connectivity index (χ4v) is 6.12. The minimum absolute atomic E-state index is 0.0252. The highest BCUT2D eigenvalue weighted by Gasteiger charge is 2.38. The molecule has 0 aliphatic heterocycles. The number of aryl methyl sites for hydroxylation is 3. The number of pyridine rings is 1. The van der Waals surface area contributed by atoms with Crippen LogP contribution in [0, 0.1) is 18.3 Å². The fraction of sp³-hybridized carbons (Fsp3) is 0.333. The lowest BCUT2D eigenvalue weighted by Crippen LogP contribution is -2.36. The van der Waals surface area contributed by atoms with Crippen molar-refractivity contribution in [3.63, 3.8) is 0 Å². The molecule has 2 atom stereocenters. The first kappa shape index (κ1) is 29.2. The number of rotatable bonds is 11. The van der Waals surface area contributed by atoms with Gasteiger partial charge in [-0.15, -0.1) is 0 Å². The van der Waals surface area contributed by atoms with E-state index in [4.69, 9.17) is 10.4 Å². The topological polar surface area (TPSA) is 72.4 Å². The second kappa shape index (κ2) is 12.3.